The summed E-state index contributed by atoms with van der Waals surface area (Å²) in [5.74, 6) is -0.367. The molecule has 1 amide bonds. The highest BCUT2D eigenvalue weighted by Crippen LogP contribution is 2.17. The lowest BCUT2D eigenvalue weighted by atomic mass is 10.1. The molecule has 0 heterocycles. The van der Waals surface area contributed by atoms with Gasteiger partial charge in [-0.2, -0.15) is 0 Å². The normalized spacial score (nSPS) is 9.75. The summed E-state index contributed by atoms with van der Waals surface area (Å²) in [4.78, 5) is 11.6. The number of hydrogen-bond donors (Lipinski definition) is 2. The fraction of sp³-hybridized carbons (Fsp3) is 0.500. The highest BCUT2D eigenvalue weighted by Gasteiger charge is 2.07. The maximum absolute atomic E-state index is 13.4. The summed E-state index contributed by atoms with van der Waals surface area (Å²) in [5, 5.41) is 5.97. The molecule has 1 rings (SSSR count). The molecule has 2 N–H and O–H groups in total. The molecule has 4 nitrogen and oxygen atoms in total. The number of nitrogens with one attached hydrogen (secondary N) is 2. The van der Waals surface area contributed by atoms with Crippen LogP contribution in [0.25, 0.3) is 0 Å². The SMILES string of the molecule is CCCNCCNC(=O)Cc1ccc(OC)c(F)c1.Cl. The van der Waals surface area contributed by atoms with Crippen molar-refractivity contribution in [2.75, 3.05) is 26.7 Å². The first kappa shape index (κ1) is 18.7. The Bertz CT molecular complexity index is 416. The molecule has 0 atom stereocenters. The van der Waals surface area contributed by atoms with Gasteiger partial charge >= 0.3 is 0 Å². The number of carbonyl (C=O) groups is 1. The van der Waals surface area contributed by atoms with Gasteiger partial charge in [-0.25, -0.2) is 4.39 Å². The van der Waals surface area contributed by atoms with Crippen LogP contribution in [0.15, 0.2) is 18.2 Å². The summed E-state index contributed by atoms with van der Waals surface area (Å²) in [7, 11) is 1.41. The van der Waals surface area contributed by atoms with Crippen molar-refractivity contribution >= 4 is 18.3 Å². The van der Waals surface area contributed by atoms with E-state index in [-0.39, 0.29) is 30.5 Å². The number of carbonyl (C=O) groups excluding carboxylic acids is 1. The summed E-state index contributed by atoms with van der Waals surface area (Å²) in [6.07, 6.45) is 1.24. The molecule has 0 aliphatic rings. The zero-order valence-electron chi connectivity index (χ0n) is 11.9. The highest BCUT2D eigenvalue weighted by atomic mass is 35.5. The molecule has 114 valence electrons. The van der Waals surface area contributed by atoms with Crippen LogP contribution in [-0.4, -0.2) is 32.7 Å². The number of methoxy groups -OCH3 is 1. The first-order chi connectivity index (χ1) is 9.17. The molecule has 0 unspecified atom stereocenters. The van der Waals surface area contributed by atoms with E-state index >= 15 is 0 Å². The molecular formula is C14H22ClFN2O2. The van der Waals surface area contributed by atoms with E-state index in [9.17, 15) is 9.18 Å². The molecule has 20 heavy (non-hydrogen) atoms. The van der Waals surface area contributed by atoms with Gasteiger partial charge in [0.15, 0.2) is 11.6 Å². The van der Waals surface area contributed by atoms with Gasteiger partial charge in [-0.15, -0.1) is 12.4 Å². The van der Waals surface area contributed by atoms with Gasteiger partial charge in [-0.05, 0) is 30.7 Å². The molecule has 0 spiro atoms. The van der Waals surface area contributed by atoms with Crippen molar-refractivity contribution in [3.63, 3.8) is 0 Å². The molecule has 0 saturated heterocycles. The largest absolute Gasteiger partial charge is 0.494 e. The van der Waals surface area contributed by atoms with E-state index in [4.69, 9.17) is 4.74 Å². The van der Waals surface area contributed by atoms with Crippen molar-refractivity contribution in [3.8, 4) is 5.75 Å². The van der Waals surface area contributed by atoms with E-state index in [1.54, 1.807) is 6.07 Å². The zero-order valence-corrected chi connectivity index (χ0v) is 12.7. The van der Waals surface area contributed by atoms with Crippen molar-refractivity contribution in [2.24, 2.45) is 0 Å². The van der Waals surface area contributed by atoms with E-state index in [0.29, 0.717) is 12.1 Å². The van der Waals surface area contributed by atoms with Crippen LogP contribution in [0.1, 0.15) is 18.9 Å². The standard InChI is InChI=1S/C14H21FN2O2.ClH/c1-3-6-16-7-8-17-14(18)10-11-4-5-13(19-2)12(15)9-11;/h4-5,9,16H,3,6-8,10H2,1-2H3,(H,17,18);1H. The van der Waals surface area contributed by atoms with Crippen LogP contribution in [0.2, 0.25) is 0 Å². The van der Waals surface area contributed by atoms with Gasteiger partial charge in [0.25, 0.3) is 0 Å². The molecule has 0 radical (unpaired) electrons. The Kier molecular flexibility index (Phi) is 9.76. The van der Waals surface area contributed by atoms with E-state index in [0.717, 1.165) is 19.5 Å². The van der Waals surface area contributed by atoms with Crippen molar-refractivity contribution in [2.45, 2.75) is 19.8 Å². The first-order valence-electron chi connectivity index (χ1n) is 6.47. The van der Waals surface area contributed by atoms with Crippen LogP contribution < -0.4 is 15.4 Å². The summed E-state index contributed by atoms with van der Waals surface area (Å²) >= 11 is 0. The second-order valence-corrected chi connectivity index (χ2v) is 4.25. The molecule has 1 aromatic carbocycles. The fourth-order valence-corrected chi connectivity index (χ4v) is 1.66. The van der Waals surface area contributed by atoms with Gasteiger partial charge in [-0.1, -0.05) is 13.0 Å². The van der Waals surface area contributed by atoms with Crippen LogP contribution in [0.3, 0.4) is 0 Å². The van der Waals surface area contributed by atoms with Gasteiger partial charge < -0.3 is 15.4 Å². The molecule has 0 saturated carbocycles. The molecular weight excluding hydrogens is 283 g/mol. The number of halogens is 2. The average Bonchev–Trinajstić information content (AvgIpc) is 2.39. The Morgan fingerprint density at radius 1 is 1.30 bits per heavy atom. The van der Waals surface area contributed by atoms with Crippen LogP contribution in [0, 0.1) is 5.82 Å². The Balaban J connectivity index is 0.00000361. The van der Waals surface area contributed by atoms with Crippen molar-refractivity contribution < 1.29 is 13.9 Å². The lowest BCUT2D eigenvalue weighted by Crippen LogP contribution is -2.33. The van der Waals surface area contributed by atoms with Crippen molar-refractivity contribution in [3.05, 3.63) is 29.6 Å². The minimum Gasteiger partial charge on any atom is -0.494 e. The van der Waals surface area contributed by atoms with Crippen LogP contribution in [0.5, 0.6) is 5.75 Å². The molecule has 1 aromatic rings. The summed E-state index contributed by atoms with van der Waals surface area (Å²) in [5.41, 5.74) is 0.636. The number of hydrogen-bond acceptors (Lipinski definition) is 3. The predicted octanol–water partition coefficient (Wildman–Crippen LogP) is 1.91. The molecule has 0 aromatic heterocycles. The molecule has 6 heteroatoms. The van der Waals surface area contributed by atoms with Crippen molar-refractivity contribution in [1.29, 1.82) is 0 Å². The Hall–Kier alpha value is -1.33. The topological polar surface area (TPSA) is 50.4 Å². The maximum Gasteiger partial charge on any atom is 0.224 e. The van der Waals surface area contributed by atoms with Gasteiger partial charge in [0.05, 0.1) is 13.5 Å². The van der Waals surface area contributed by atoms with E-state index in [1.807, 2.05) is 0 Å². The van der Waals surface area contributed by atoms with E-state index in [2.05, 4.69) is 17.6 Å². The summed E-state index contributed by atoms with van der Waals surface area (Å²) in [6.45, 7) is 4.36. The second-order valence-electron chi connectivity index (χ2n) is 4.25. The lowest BCUT2D eigenvalue weighted by Gasteiger charge is -2.07. The molecule has 0 bridgehead atoms. The van der Waals surface area contributed by atoms with Gasteiger partial charge in [0.2, 0.25) is 5.91 Å². The minimum atomic E-state index is -0.447. The first-order valence-corrected chi connectivity index (χ1v) is 6.47. The summed E-state index contributed by atoms with van der Waals surface area (Å²) in [6, 6.07) is 4.55. The third kappa shape index (κ3) is 6.73. The Labute approximate surface area is 125 Å². The molecule has 0 aliphatic heterocycles. The lowest BCUT2D eigenvalue weighted by molar-refractivity contribution is -0.120. The number of ether oxygens (including phenoxy) is 1. The monoisotopic (exact) mass is 304 g/mol. The van der Waals surface area contributed by atoms with Gasteiger partial charge in [-0.3, -0.25) is 4.79 Å². The number of rotatable bonds is 8. The third-order valence-corrected chi connectivity index (χ3v) is 2.63. The zero-order chi connectivity index (χ0) is 14.1. The highest BCUT2D eigenvalue weighted by molar-refractivity contribution is 5.85. The fourth-order valence-electron chi connectivity index (χ4n) is 1.66. The van der Waals surface area contributed by atoms with Crippen molar-refractivity contribution in [1.82, 2.24) is 10.6 Å². The Morgan fingerprint density at radius 2 is 2.05 bits per heavy atom. The van der Waals surface area contributed by atoms with Gasteiger partial charge in [0, 0.05) is 13.1 Å². The number of amides is 1. The average molecular weight is 305 g/mol. The summed E-state index contributed by atoms with van der Waals surface area (Å²) < 4.78 is 18.2. The quantitative estimate of drug-likeness (QED) is 0.721. The Morgan fingerprint density at radius 3 is 2.65 bits per heavy atom. The van der Waals surface area contributed by atoms with E-state index in [1.165, 1.54) is 19.2 Å². The van der Waals surface area contributed by atoms with Crippen LogP contribution in [0.4, 0.5) is 4.39 Å². The minimum absolute atomic E-state index is 0. The number of benzene rings is 1. The van der Waals surface area contributed by atoms with Crippen LogP contribution in [-0.2, 0) is 11.2 Å². The van der Waals surface area contributed by atoms with E-state index < -0.39 is 5.82 Å². The molecule has 0 fully saturated rings. The smallest absolute Gasteiger partial charge is 0.224 e. The maximum atomic E-state index is 13.4. The third-order valence-electron chi connectivity index (χ3n) is 2.63. The predicted molar refractivity (Wildman–Crippen MR) is 80.1 cm³/mol. The van der Waals surface area contributed by atoms with Crippen LogP contribution >= 0.6 is 12.4 Å². The molecule has 0 aliphatic carbocycles. The van der Waals surface area contributed by atoms with Gasteiger partial charge in [0.1, 0.15) is 0 Å². The second kappa shape index (κ2) is 10.5.